The molecule has 0 saturated carbocycles. The van der Waals surface area contributed by atoms with Gasteiger partial charge in [-0.3, -0.25) is 4.79 Å². The zero-order valence-electron chi connectivity index (χ0n) is 21.2. The number of carbonyl (C=O) groups is 2. The molecule has 0 aliphatic carbocycles. The van der Waals surface area contributed by atoms with Crippen LogP contribution in [-0.4, -0.2) is 50.1 Å². The number of carboxylic acids is 1. The summed E-state index contributed by atoms with van der Waals surface area (Å²) in [7, 11) is 2.93. The van der Waals surface area contributed by atoms with E-state index < -0.39 is 35.9 Å². The summed E-state index contributed by atoms with van der Waals surface area (Å²) in [6.07, 6.45) is 15.6. The number of hydrogen-bond donors (Lipinski definition) is 0. The molecule has 5 nitrogen and oxygen atoms in total. The fraction of sp³-hybridized carbons (Fsp3) is 0.826. The standard InChI is InChI=1S/C23H43NO4/c1-5-6-7-8-9-10-11-12-13-14-15-16-17-18-23(27)28-21(19-22(25)26)20-24(2,3)4/h10-11,21H,5-9,12-20H2,1-4H3/b11-10-/t21-/m1/s1/i2D3. The first-order chi connectivity index (χ1) is 14.5. The van der Waals surface area contributed by atoms with Gasteiger partial charge >= 0.3 is 5.97 Å². The molecule has 0 rings (SSSR count). The normalized spacial score (nSPS) is 15.0. The molecule has 1 atom stereocenters. The lowest BCUT2D eigenvalue weighted by molar-refractivity contribution is -0.873. The second kappa shape index (κ2) is 16.6. The number of aliphatic carboxylic acids is 1. The highest BCUT2D eigenvalue weighted by Gasteiger charge is 2.22. The fourth-order valence-corrected chi connectivity index (χ4v) is 3.07. The number of nitrogens with zero attached hydrogens (tertiary/aromatic N) is 1. The minimum Gasteiger partial charge on any atom is -0.550 e. The van der Waals surface area contributed by atoms with E-state index in [2.05, 4.69) is 19.1 Å². The molecule has 0 aromatic carbocycles. The molecular formula is C23H43NO4. The van der Waals surface area contributed by atoms with E-state index in [4.69, 9.17) is 8.85 Å². The molecule has 0 heterocycles. The zero-order valence-corrected chi connectivity index (χ0v) is 18.2. The number of carbonyl (C=O) groups excluding carboxylic acids is 2. The van der Waals surface area contributed by atoms with Gasteiger partial charge in [-0.1, -0.05) is 57.6 Å². The van der Waals surface area contributed by atoms with Crippen molar-refractivity contribution < 1.29 is 28.0 Å². The van der Waals surface area contributed by atoms with E-state index in [-0.39, 0.29) is 13.0 Å². The molecule has 0 aliphatic heterocycles. The van der Waals surface area contributed by atoms with Gasteiger partial charge < -0.3 is 19.1 Å². The number of quaternary nitrogens is 1. The van der Waals surface area contributed by atoms with Crippen molar-refractivity contribution in [3.05, 3.63) is 12.2 Å². The van der Waals surface area contributed by atoms with Crippen LogP contribution in [-0.2, 0) is 14.3 Å². The first kappa shape index (κ1) is 21.4. The molecule has 0 aromatic rings. The van der Waals surface area contributed by atoms with Gasteiger partial charge in [0.2, 0.25) is 0 Å². The fourth-order valence-electron chi connectivity index (χ4n) is 3.07. The van der Waals surface area contributed by atoms with E-state index in [1.165, 1.54) is 46.2 Å². The first-order valence-corrected chi connectivity index (χ1v) is 10.9. The van der Waals surface area contributed by atoms with Gasteiger partial charge in [-0.15, -0.1) is 0 Å². The van der Waals surface area contributed by atoms with Crippen molar-refractivity contribution in [1.82, 2.24) is 0 Å². The molecule has 5 heteroatoms. The van der Waals surface area contributed by atoms with Crippen LogP contribution in [0, 0.1) is 0 Å². The van der Waals surface area contributed by atoms with Crippen molar-refractivity contribution in [2.45, 2.75) is 96.5 Å². The predicted molar refractivity (Wildman–Crippen MR) is 113 cm³/mol. The van der Waals surface area contributed by atoms with Crippen LogP contribution >= 0.6 is 0 Å². The summed E-state index contributed by atoms with van der Waals surface area (Å²) in [4.78, 5) is 23.0. The van der Waals surface area contributed by atoms with Crippen molar-refractivity contribution in [1.29, 1.82) is 0 Å². The van der Waals surface area contributed by atoms with Gasteiger partial charge in [-0.05, 0) is 32.1 Å². The second-order valence-electron chi connectivity index (χ2n) is 8.18. The van der Waals surface area contributed by atoms with Crippen LogP contribution in [0.1, 0.15) is 94.5 Å². The van der Waals surface area contributed by atoms with Crippen molar-refractivity contribution in [2.24, 2.45) is 0 Å². The Labute approximate surface area is 176 Å². The van der Waals surface area contributed by atoms with E-state index >= 15 is 0 Å². The van der Waals surface area contributed by atoms with Gasteiger partial charge in [-0.25, -0.2) is 0 Å². The number of rotatable bonds is 18. The summed E-state index contributed by atoms with van der Waals surface area (Å²) < 4.78 is 27.5. The van der Waals surface area contributed by atoms with E-state index in [9.17, 15) is 14.7 Å². The Kier molecular flexibility index (Phi) is 12.6. The van der Waals surface area contributed by atoms with Gasteiger partial charge in [0, 0.05) is 18.8 Å². The van der Waals surface area contributed by atoms with E-state index in [0.29, 0.717) is 6.42 Å². The Morgan fingerprint density at radius 2 is 1.57 bits per heavy atom. The van der Waals surface area contributed by atoms with Gasteiger partial charge in [0.15, 0.2) is 6.10 Å². The molecule has 0 radical (unpaired) electrons. The molecular weight excluding hydrogens is 354 g/mol. The lowest BCUT2D eigenvalue weighted by atomic mass is 10.1. The largest absolute Gasteiger partial charge is 0.550 e. The number of carboxylic acid groups (broad SMARTS) is 1. The minimum atomic E-state index is -2.33. The smallest absolute Gasteiger partial charge is 0.306 e. The Bertz CT molecular complexity index is 533. The maximum Gasteiger partial charge on any atom is 0.306 e. The number of unbranched alkanes of at least 4 members (excludes halogenated alkanes) is 9. The quantitative estimate of drug-likeness (QED) is 0.151. The van der Waals surface area contributed by atoms with Gasteiger partial charge in [-0.2, -0.15) is 0 Å². The summed E-state index contributed by atoms with van der Waals surface area (Å²) in [6.45, 7) is -0.223. The highest BCUT2D eigenvalue weighted by atomic mass is 16.5. The molecule has 0 spiro atoms. The molecule has 0 aliphatic rings. The van der Waals surface area contributed by atoms with Crippen LogP contribution < -0.4 is 5.11 Å². The summed E-state index contributed by atoms with van der Waals surface area (Å²) in [5, 5.41) is 11.0. The Hall–Kier alpha value is -1.36. The van der Waals surface area contributed by atoms with Crippen LogP contribution in [0.25, 0.3) is 0 Å². The SMILES string of the molecule is [2H]C([2H])([2H])[N+](C)(C)C[C@@H](CC(=O)[O-])OC(=O)CCCCCCC/C=C\CCCCCC. The van der Waals surface area contributed by atoms with Gasteiger partial charge in [0.1, 0.15) is 6.54 Å². The van der Waals surface area contributed by atoms with Crippen LogP contribution in [0.5, 0.6) is 0 Å². The van der Waals surface area contributed by atoms with Crippen molar-refractivity contribution in [2.75, 3.05) is 27.6 Å². The minimum absolute atomic E-state index is 0.109. The van der Waals surface area contributed by atoms with Crippen LogP contribution in [0.3, 0.4) is 0 Å². The molecule has 0 amide bonds. The number of esters is 1. The topological polar surface area (TPSA) is 66.4 Å². The molecule has 0 aromatic heterocycles. The molecule has 0 unspecified atom stereocenters. The third-order valence-electron chi connectivity index (χ3n) is 4.50. The molecule has 0 fully saturated rings. The molecule has 164 valence electrons. The number of likely N-dealkylation sites (N-methyl/N-ethyl adjacent to an activating group) is 1. The van der Waals surface area contributed by atoms with Crippen molar-refractivity contribution in [3.63, 3.8) is 0 Å². The van der Waals surface area contributed by atoms with Crippen LogP contribution in [0.2, 0.25) is 0 Å². The van der Waals surface area contributed by atoms with Crippen molar-refractivity contribution >= 4 is 11.9 Å². The Balaban J connectivity index is 4.01. The lowest BCUT2D eigenvalue weighted by Gasteiger charge is -2.29. The molecule has 0 N–H and O–H groups in total. The number of ether oxygens (including phenoxy) is 1. The molecule has 0 bridgehead atoms. The summed E-state index contributed by atoms with van der Waals surface area (Å²) >= 11 is 0. The average Bonchev–Trinajstić information content (AvgIpc) is 2.63. The highest BCUT2D eigenvalue weighted by molar-refractivity contribution is 5.70. The molecule has 0 saturated heterocycles. The zero-order chi connectivity index (χ0) is 23.8. The monoisotopic (exact) mass is 400 g/mol. The predicted octanol–water partition coefficient (Wildman–Crippen LogP) is 4.00. The van der Waals surface area contributed by atoms with Crippen LogP contribution in [0.4, 0.5) is 0 Å². The van der Waals surface area contributed by atoms with Crippen molar-refractivity contribution in [3.8, 4) is 0 Å². The maximum absolute atomic E-state index is 12.1. The first-order valence-electron chi connectivity index (χ1n) is 12.4. The second-order valence-corrected chi connectivity index (χ2v) is 8.18. The lowest BCUT2D eigenvalue weighted by Crippen LogP contribution is -2.45. The summed E-state index contributed by atoms with van der Waals surface area (Å²) in [5.41, 5.74) is 0. The maximum atomic E-state index is 12.1. The van der Waals surface area contributed by atoms with E-state index in [1.807, 2.05) is 0 Å². The highest BCUT2D eigenvalue weighted by Crippen LogP contribution is 2.11. The Morgan fingerprint density at radius 1 is 1.00 bits per heavy atom. The third-order valence-corrected chi connectivity index (χ3v) is 4.50. The van der Waals surface area contributed by atoms with Crippen LogP contribution in [0.15, 0.2) is 12.2 Å². The summed E-state index contributed by atoms with van der Waals surface area (Å²) in [6, 6.07) is 0. The number of allylic oxidation sites excluding steroid dienone is 2. The Morgan fingerprint density at radius 3 is 2.14 bits per heavy atom. The van der Waals surface area contributed by atoms with Gasteiger partial charge in [0.25, 0.3) is 0 Å². The third kappa shape index (κ3) is 19.4. The molecule has 28 heavy (non-hydrogen) atoms. The summed E-state index contributed by atoms with van der Waals surface area (Å²) in [5.74, 6) is -1.85. The van der Waals surface area contributed by atoms with E-state index in [1.54, 1.807) is 0 Å². The van der Waals surface area contributed by atoms with E-state index in [0.717, 1.165) is 32.1 Å². The number of hydrogen-bond acceptors (Lipinski definition) is 4. The van der Waals surface area contributed by atoms with Gasteiger partial charge in [0.05, 0.1) is 25.2 Å². The average molecular weight is 401 g/mol.